The number of anilines is 1. The topological polar surface area (TPSA) is 111 Å². The van der Waals surface area contributed by atoms with Gasteiger partial charge in [-0.1, -0.05) is 42.1 Å². The number of carbonyl (C=O) groups is 1. The van der Waals surface area contributed by atoms with Gasteiger partial charge in [-0.15, -0.1) is 0 Å². The first kappa shape index (κ1) is 24.3. The average molecular weight is 514 g/mol. The van der Waals surface area contributed by atoms with Gasteiger partial charge < -0.3 is 10.1 Å². The number of benzene rings is 2. The van der Waals surface area contributed by atoms with Crippen LogP contribution in [0.25, 0.3) is 0 Å². The summed E-state index contributed by atoms with van der Waals surface area (Å²) in [5.41, 5.74) is 0.864. The van der Waals surface area contributed by atoms with Gasteiger partial charge >= 0.3 is 0 Å². The number of unbranched alkanes of at least 4 members (excludes halogenated alkanes) is 3. The van der Waals surface area contributed by atoms with Crippen molar-refractivity contribution in [3.8, 4) is 5.75 Å². The minimum absolute atomic E-state index is 0.0159. The molecule has 0 aliphatic rings. The molecule has 10 heteroatoms. The Labute approximate surface area is 190 Å². The van der Waals surface area contributed by atoms with E-state index in [0.717, 1.165) is 30.2 Å². The van der Waals surface area contributed by atoms with Crippen LogP contribution in [0, 0.1) is 0 Å². The minimum atomic E-state index is -3.77. The molecule has 2 rings (SSSR count). The number of hydrogen-bond donors (Lipinski definition) is 3. The highest BCUT2D eigenvalue weighted by Crippen LogP contribution is 2.24. The molecule has 0 saturated heterocycles. The fourth-order valence-corrected chi connectivity index (χ4v) is 3.66. The highest BCUT2D eigenvalue weighted by atomic mass is 79.9. The number of carbonyl (C=O) groups excluding carboxylic acids is 1. The Kier molecular flexibility index (Phi) is 9.22. The van der Waals surface area contributed by atoms with E-state index in [4.69, 9.17) is 22.1 Å². The lowest BCUT2D eigenvalue weighted by Gasteiger charge is -2.14. The first-order valence-electron chi connectivity index (χ1n) is 9.38. The minimum Gasteiger partial charge on any atom is -0.493 e. The second-order valence-corrected chi connectivity index (χ2v) is 9.41. The average Bonchev–Trinajstić information content (AvgIpc) is 2.68. The maximum atomic E-state index is 12.7. The van der Waals surface area contributed by atoms with E-state index in [-0.39, 0.29) is 10.0 Å². The molecule has 0 aromatic heterocycles. The third-order valence-corrected chi connectivity index (χ3v) is 5.74. The third-order valence-electron chi connectivity index (χ3n) is 4.11. The molecule has 1 amide bonds. The summed E-state index contributed by atoms with van der Waals surface area (Å²) in [6, 6.07) is 10.9. The number of thiocarbonyl (C=S) groups is 1. The van der Waals surface area contributed by atoms with Gasteiger partial charge in [-0.2, -0.15) is 0 Å². The van der Waals surface area contributed by atoms with Gasteiger partial charge in [0.2, 0.25) is 10.0 Å². The van der Waals surface area contributed by atoms with Gasteiger partial charge in [-0.25, -0.2) is 13.6 Å². The lowest BCUT2D eigenvalue weighted by Crippen LogP contribution is -2.34. The normalized spacial score (nSPS) is 11.0. The van der Waals surface area contributed by atoms with Crippen LogP contribution < -0.4 is 20.5 Å². The predicted octanol–water partition coefficient (Wildman–Crippen LogP) is 4.18. The molecule has 2 aromatic carbocycles. The summed E-state index contributed by atoms with van der Waals surface area (Å²) in [5, 5.41) is 10.6. The third kappa shape index (κ3) is 7.67. The Balaban J connectivity index is 2.00. The summed E-state index contributed by atoms with van der Waals surface area (Å²) in [6.45, 7) is 2.67. The molecule has 0 aliphatic heterocycles. The number of hydrogen-bond acceptors (Lipinski definition) is 5. The van der Waals surface area contributed by atoms with E-state index in [9.17, 15) is 13.2 Å². The zero-order valence-corrected chi connectivity index (χ0v) is 19.7. The van der Waals surface area contributed by atoms with Gasteiger partial charge in [-0.3, -0.25) is 10.1 Å². The number of nitrogens with one attached hydrogen (secondary N) is 2. The molecular formula is C20H24BrN3O4S2. The Morgan fingerprint density at radius 3 is 2.47 bits per heavy atom. The van der Waals surface area contributed by atoms with Crippen LogP contribution in [0.5, 0.6) is 5.75 Å². The van der Waals surface area contributed by atoms with E-state index in [1.54, 1.807) is 12.1 Å². The molecule has 30 heavy (non-hydrogen) atoms. The van der Waals surface area contributed by atoms with Crippen molar-refractivity contribution in [2.45, 2.75) is 37.5 Å². The van der Waals surface area contributed by atoms with E-state index < -0.39 is 15.9 Å². The molecule has 7 nitrogen and oxygen atoms in total. The molecule has 0 bridgehead atoms. The molecule has 0 atom stereocenters. The van der Waals surface area contributed by atoms with Crippen LogP contribution in [0.3, 0.4) is 0 Å². The smallest absolute Gasteiger partial charge is 0.261 e. The van der Waals surface area contributed by atoms with Gasteiger partial charge in [0, 0.05) is 10.2 Å². The Morgan fingerprint density at radius 2 is 1.83 bits per heavy atom. The molecule has 0 fully saturated rings. The van der Waals surface area contributed by atoms with Crippen molar-refractivity contribution < 1.29 is 17.9 Å². The number of nitrogens with two attached hydrogens (primary N) is 1. The fraction of sp³-hybridized carbons (Fsp3) is 0.300. The summed E-state index contributed by atoms with van der Waals surface area (Å²) in [4.78, 5) is 12.7. The number of sulfonamides is 1. The van der Waals surface area contributed by atoms with Crippen LogP contribution in [-0.2, 0) is 10.0 Å². The van der Waals surface area contributed by atoms with Gasteiger partial charge in [0.1, 0.15) is 5.75 Å². The summed E-state index contributed by atoms with van der Waals surface area (Å²) in [6.07, 6.45) is 4.28. The molecule has 0 saturated carbocycles. The second-order valence-electron chi connectivity index (χ2n) is 6.53. The highest BCUT2D eigenvalue weighted by molar-refractivity contribution is 9.10. The second kappa shape index (κ2) is 11.4. The number of halogens is 1. The molecule has 0 spiro atoms. The summed E-state index contributed by atoms with van der Waals surface area (Å²) < 4.78 is 29.2. The maximum absolute atomic E-state index is 12.7. The van der Waals surface area contributed by atoms with Crippen molar-refractivity contribution in [1.29, 1.82) is 0 Å². The van der Waals surface area contributed by atoms with E-state index in [1.807, 2.05) is 6.07 Å². The maximum Gasteiger partial charge on any atom is 0.261 e. The lowest BCUT2D eigenvalue weighted by atomic mass is 10.2. The molecule has 0 radical (unpaired) electrons. The Bertz CT molecular complexity index is 996. The van der Waals surface area contributed by atoms with E-state index in [2.05, 4.69) is 33.5 Å². The SMILES string of the molecule is CCCCCCOc1ccc(Br)cc1C(=O)NC(=S)Nc1ccc(S(N)(=O)=O)cc1. The molecule has 0 heterocycles. The summed E-state index contributed by atoms with van der Waals surface area (Å²) in [7, 11) is -3.77. The summed E-state index contributed by atoms with van der Waals surface area (Å²) in [5.74, 6) is 0.0611. The zero-order chi connectivity index (χ0) is 22.1. The first-order chi connectivity index (χ1) is 14.2. The van der Waals surface area contributed by atoms with Crippen LogP contribution >= 0.6 is 28.1 Å². The quantitative estimate of drug-likeness (QED) is 0.342. The van der Waals surface area contributed by atoms with Gasteiger partial charge in [0.05, 0.1) is 17.1 Å². The zero-order valence-electron chi connectivity index (χ0n) is 16.5. The number of ether oxygens (including phenoxy) is 1. The van der Waals surface area contributed by atoms with Crippen molar-refractivity contribution >= 4 is 54.9 Å². The highest BCUT2D eigenvalue weighted by Gasteiger charge is 2.15. The Morgan fingerprint density at radius 1 is 1.13 bits per heavy atom. The molecule has 162 valence electrons. The largest absolute Gasteiger partial charge is 0.493 e. The van der Waals surface area contributed by atoms with Crippen molar-refractivity contribution in [2.24, 2.45) is 5.14 Å². The molecule has 0 aliphatic carbocycles. The number of primary sulfonamides is 1. The van der Waals surface area contributed by atoms with Crippen LogP contribution in [0.4, 0.5) is 5.69 Å². The van der Waals surface area contributed by atoms with Crippen molar-refractivity contribution in [2.75, 3.05) is 11.9 Å². The van der Waals surface area contributed by atoms with Crippen LogP contribution in [0.15, 0.2) is 51.8 Å². The molecule has 2 aromatic rings. The van der Waals surface area contributed by atoms with E-state index in [1.165, 1.54) is 24.3 Å². The van der Waals surface area contributed by atoms with E-state index in [0.29, 0.717) is 23.6 Å². The molecule has 4 N–H and O–H groups in total. The monoisotopic (exact) mass is 513 g/mol. The molecular weight excluding hydrogens is 490 g/mol. The van der Waals surface area contributed by atoms with Gasteiger partial charge in [0.15, 0.2) is 5.11 Å². The fourth-order valence-electron chi connectivity index (χ4n) is 2.58. The predicted molar refractivity (Wildman–Crippen MR) is 125 cm³/mol. The number of amides is 1. The van der Waals surface area contributed by atoms with Gasteiger partial charge in [0.25, 0.3) is 5.91 Å². The van der Waals surface area contributed by atoms with Crippen LogP contribution in [0.1, 0.15) is 43.0 Å². The van der Waals surface area contributed by atoms with Crippen molar-refractivity contribution in [3.05, 3.63) is 52.5 Å². The van der Waals surface area contributed by atoms with Crippen molar-refractivity contribution in [1.82, 2.24) is 5.32 Å². The Hall–Kier alpha value is -2.01. The van der Waals surface area contributed by atoms with Crippen LogP contribution in [0.2, 0.25) is 0 Å². The van der Waals surface area contributed by atoms with Gasteiger partial charge in [-0.05, 0) is 61.1 Å². The van der Waals surface area contributed by atoms with E-state index >= 15 is 0 Å². The first-order valence-corrected chi connectivity index (χ1v) is 12.1. The number of rotatable bonds is 9. The molecule has 0 unspecified atom stereocenters. The standard InChI is InChI=1S/C20H24BrN3O4S2/c1-2-3-4-5-12-28-18-11-6-14(21)13-17(18)19(25)24-20(29)23-15-7-9-16(10-8-15)30(22,26)27/h6-11,13H,2-5,12H2,1H3,(H2,22,26,27)(H2,23,24,25,29). The summed E-state index contributed by atoms with van der Waals surface area (Å²) >= 11 is 8.56. The lowest BCUT2D eigenvalue weighted by molar-refractivity contribution is 0.0973. The van der Waals surface area contributed by atoms with Crippen molar-refractivity contribution in [3.63, 3.8) is 0 Å². The van der Waals surface area contributed by atoms with Crippen LogP contribution in [-0.4, -0.2) is 26.0 Å².